The second-order valence-corrected chi connectivity index (χ2v) is 4.92. The highest BCUT2D eigenvalue weighted by Crippen LogP contribution is 2.15. The first kappa shape index (κ1) is 16.0. The van der Waals surface area contributed by atoms with Crippen molar-refractivity contribution in [3.63, 3.8) is 0 Å². The Morgan fingerprint density at radius 3 is 2.50 bits per heavy atom. The summed E-state index contributed by atoms with van der Waals surface area (Å²) in [6.07, 6.45) is -0.157. The first-order valence-electron chi connectivity index (χ1n) is 7.16. The molecule has 2 aromatic carbocycles. The topological polar surface area (TPSA) is 61.4 Å². The van der Waals surface area contributed by atoms with Gasteiger partial charge in [0.25, 0.3) is 0 Å². The number of benzene rings is 2. The molecule has 22 heavy (non-hydrogen) atoms. The molecule has 4 nitrogen and oxygen atoms in total. The van der Waals surface area contributed by atoms with Gasteiger partial charge in [-0.25, -0.2) is 9.18 Å². The van der Waals surface area contributed by atoms with E-state index in [1.165, 1.54) is 17.7 Å². The molecule has 0 aromatic heterocycles. The minimum Gasteiger partial charge on any atom is -0.386 e. The minimum absolute atomic E-state index is 0.0696. The van der Waals surface area contributed by atoms with E-state index in [2.05, 4.69) is 17.6 Å². The molecular weight excluding hydrogens is 283 g/mol. The number of nitrogens with one attached hydrogen (secondary N) is 2. The molecule has 0 fully saturated rings. The van der Waals surface area contributed by atoms with Crippen LogP contribution in [0.2, 0.25) is 0 Å². The van der Waals surface area contributed by atoms with Crippen LogP contribution in [-0.2, 0) is 6.42 Å². The highest BCUT2D eigenvalue weighted by molar-refractivity contribution is 5.89. The Kier molecular flexibility index (Phi) is 5.49. The molecule has 0 aliphatic rings. The van der Waals surface area contributed by atoms with Crippen molar-refractivity contribution in [1.29, 1.82) is 0 Å². The lowest BCUT2D eigenvalue weighted by Gasteiger charge is -2.13. The molecule has 3 N–H and O–H groups in total. The molecule has 2 amide bonds. The highest BCUT2D eigenvalue weighted by atomic mass is 19.1. The lowest BCUT2D eigenvalue weighted by atomic mass is 10.1. The normalized spacial score (nSPS) is 11.8. The number of aryl methyl sites for hydroxylation is 1. The Labute approximate surface area is 129 Å². The maximum atomic E-state index is 13.5. The summed E-state index contributed by atoms with van der Waals surface area (Å²) in [4.78, 5) is 11.8. The summed E-state index contributed by atoms with van der Waals surface area (Å²) in [6.45, 7) is 1.99. The van der Waals surface area contributed by atoms with E-state index in [-0.39, 0.29) is 12.1 Å². The van der Waals surface area contributed by atoms with Crippen LogP contribution in [-0.4, -0.2) is 17.7 Å². The zero-order chi connectivity index (χ0) is 15.9. The van der Waals surface area contributed by atoms with Gasteiger partial charge in [-0.05, 0) is 30.2 Å². The van der Waals surface area contributed by atoms with Gasteiger partial charge in [0.2, 0.25) is 0 Å². The Morgan fingerprint density at radius 1 is 1.18 bits per heavy atom. The summed E-state index contributed by atoms with van der Waals surface area (Å²) >= 11 is 0. The molecule has 0 heterocycles. The van der Waals surface area contributed by atoms with Crippen LogP contribution in [0.5, 0.6) is 0 Å². The molecular formula is C17H19FN2O2. The number of carbonyl (C=O) groups excluding carboxylic acids is 1. The largest absolute Gasteiger partial charge is 0.386 e. The molecule has 0 saturated heterocycles. The van der Waals surface area contributed by atoms with Crippen LogP contribution in [0, 0.1) is 5.82 Å². The third kappa shape index (κ3) is 4.30. The number of anilines is 1. The van der Waals surface area contributed by atoms with Crippen molar-refractivity contribution in [3.8, 4) is 0 Å². The van der Waals surface area contributed by atoms with E-state index in [9.17, 15) is 14.3 Å². The number of urea groups is 1. The molecule has 0 unspecified atom stereocenters. The number of hydrogen-bond acceptors (Lipinski definition) is 2. The standard InChI is InChI=1S/C17H19FN2O2/c1-2-12-7-9-13(10-8-12)20-17(22)19-11-16(21)14-5-3-4-6-15(14)18/h3-10,16,21H,2,11H2,1H3,(H2,19,20,22)/t16-/m0/s1. The van der Waals surface area contributed by atoms with Gasteiger partial charge in [0.05, 0.1) is 6.10 Å². The number of halogens is 1. The van der Waals surface area contributed by atoms with Crippen molar-refractivity contribution in [1.82, 2.24) is 5.32 Å². The molecule has 0 aliphatic heterocycles. The molecule has 0 aliphatic carbocycles. The smallest absolute Gasteiger partial charge is 0.319 e. The molecule has 0 saturated carbocycles. The SMILES string of the molecule is CCc1ccc(NC(=O)NC[C@H](O)c2ccccc2F)cc1. The average Bonchev–Trinajstić information content (AvgIpc) is 2.54. The van der Waals surface area contributed by atoms with Gasteiger partial charge in [0.1, 0.15) is 5.82 Å². The summed E-state index contributed by atoms with van der Waals surface area (Å²) in [6, 6.07) is 13.0. The third-order valence-electron chi connectivity index (χ3n) is 3.34. The lowest BCUT2D eigenvalue weighted by molar-refractivity contribution is 0.170. The van der Waals surface area contributed by atoms with Crippen molar-refractivity contribution >= 4 is 11.7 Å². The number of carbonyl (C=O) groups is 1. The van der Waals surface area contributed by atoms with E-state index in [0.29, 0.717) is 5.69 Å². The van der Waals surface area contributed by atoms with Crippen LogP contribution < -0.4 is 10.6 Å². The van der Waals surface area contributed by atoms with Crippen molar-refractivity contribution in [3.05, 3.63) is 65.5 Å². The van der Waals surface area contributed by atoms with E-state index in [0.717, 1.165) is 6.42 Å². The van der Waals surface area contributed by atoms with Gasteiger partial charge in [0.15, 0.2) is 0 Å². The molecule has 0 spiro atoms. The van der Waals surface area contributed by atoms with E-state index in [4.69, 9.17) is 0 Å². The molecule has 2 rings (SSSR count). The van der Waals surface area contributed by atoms with Crippen LogP contribution in [0.15, 0.2) is 48.5 Å². The number of aliphatic hydroxyl groups excluding tert-OH is 1. The third-order valence-corrected chi connectivity index (χ3v) is 3.34. The fourth-order valence-corrected chi connectivity index (χ4v) is 2.04. The summed E-state index contributed by atoms with van der Waals surface area (Å²) in [5.74, 6) is -0.493. The van der Waals surface area contributed by atoms with Gasteiger partial charge in [0, 0.05) is 17.8 Å². The Balaban J connectivity index is 1.85. The predicted molar refractivity (Wildman–Crippen MR) is 84.2 cm³/mol. The van der Waals surface area contributed by atoms with Crippen molar-refractivity contribution in [2.45, 2.75) is 19.4 Å². The first-order chi connectivity index (χ1) is 10.6. The highest BCUT2D eigenvalue weighted by Gasteiger charge is 2.13. The van der Waals surface area contributed by atoms with Crippen LogP contribution in [0.3, 0.4) is 0 Å². The molecule has 2 aromatic rings. The minimum atomic E-state index is -1.09. The summed E-state index contributed by atoms with van der Waals surface area (Å²) in [7, 11) is 0. The van der Waals surface area contributed by atoms with E-state index in [1.54, 1.807) is 12.1 Å². The van der Waals surface area contributed by atoms with Gasteiger partial charge in [-0.1, -0.05) is 37.3 Å². The number of amides is 2. The zero-order valence-electron chi connectivity index (χ0n) is 12.3. The summed E-state index contributed by atoms with van der Waals surface area (Å²) < 4.78 is 13.5. The second-order valence-electron chi connectivity index (χ2n) is 4.92. The van der Waals surface area contributed by atoms with Gasteiger partial charge in [-0.2, -0.15) is 0 Å². The number of hydrogen-bond donors (Lipinski definition) is 3. The van der Waals surface area contributed by atoms with E-state index in [1.807, 2.05) is 24.3 Å². The Hall–Kier alpha value is -2.40. The van der Waals surface area contributed by atoms with Crippen molar-refractivity contribution in [2.75, 3.05) is 11.9 Å². The quantitative estimate of drug-likeness (QED) is 0.794. The van der Waals surface area contributed by atoms with Crippen LogP contribution in [0.4, 0.5) is 14.9 Å². The number of aliphatic hydroxyl groups is 1. The first-order valence-corrected chi connectivity index (χ1v) is 7.16. The van der Waals surface area contributed by atoms with Crippen molar-refractivity contribution < 1.29 is 14.3 Å². The van der Waals surface area contributed by atoms with Gasteiger partial charge < -0.3 is 15.7 Å². The Bertz CT molecular complexity index is 629. The fraction of sp³-hybridized carbons (Fsp3) is 0.235. The summed E-state index contributed by atoms with van der Waals surface area (Å²) in [5.41, 5.74) is 2.01. The maximum Gasteiger partial charge on any atom is 0.319 e. The van der Waals surface area contributed by atoms with Gasteiger partial charge in [-0.3, -0.25) is 0 Å². The molecule has 5 heteroatoms. The average molecular weight is 302 g/mol. The van der Waals surface area contributed by atoms with Crippen LogP contribution in [0.25, 0.3) is 0 Å². The monoisotopic (exact) mass is 302 g/mol. The number of rotatable bonds is 5. The molecule has 0 radical (unpaired) electrons. The summed E-state index contributed by atoms with van der Waals surface area (Å²) in [5, 5.41) is 15.1. The maximum absolute atomic E-state index is 13.5. The van der Waals surface area contributed by atoms with Gasteiger partial charge >= 0.3 is 6.03 Å². The second kappa shape index (κ2) is 7.56. The van der Waals surface area contributed by atoms with E-state index < -0.39 is 18.0 Å². The molecule has 116 valence electrons. The van der Waals surface area contributed by atoms with Gasteiger partial charge in [-0.15, -0.1) is 0 Å². The lowest BCUT2D eigenvalue weighted by Crippen LogP contribution is -2.32. The van der Waals surface area contributed by atoms with Crippen LogP contribution >= 0.6 is 0 Å². The van der Waals surface area contributed by atoms with Crippen LogP contribution in [0.1, 0.15) is 24.2 Å². The zero-order valence-corrected chi connectivity index (χ0v) is 12.3. The Morgan fingerprint density at radius 2 is 1.86 bits per heavy atom. The molecule has 1 atom stereocenters. The molecule has 0 bridgehead atoms. The predicted octanol–water partition coefficient (Wildman–Crippen LogP) is 3.24. The van der Waals surface area contributed by atoms with E-state index >= 15 is 0 Å². The van der Waals surface area contributed by atoms with Crippen molar-refractivity contribution in [2.24, 2.45) is 0 Å². The fourth-order valence-electron chi connectivity index (χ4n) is 2.04.